The van der Waals surface area contributed by atoms with Gasteiger partial charge in [0, 0.05) is 25.3 Å². The molecule has 1 amide bonds. The number of amides is 1. The van der Waals surface area contributed by atoms with Crippen molar-refractivity contribution in [2.75, 3.05) is 23.3 Å². The highest BCUT2D eigenvalue weighted by molar-refractivity contribution is 6.04. The molecule has 9 heteroatoms. The number of nitrogens with two attached hydrogens (primary N) is 1. The molecule has 1 aliphatic rings. The number of carbonyl (C=O) groups is 1. The summed E-state index contributed by atoms with van der Waals surface area (Å²) in [5, 5.41) is 2.71. The molecule has 1 aromatic carbocycles. The first-order valence-corrected chi connectivity index (χ1v) is 9.81. The Labute approximate surface area is 176 Å². The number of nitrogens with zero attached hydrogens (tertiary/aromatic N) is 3. The maximum absolute atomic E-state index is 14.3. The van der Waals surface area contributed by atoms with Crippen molar-refractivity contribution in [2.24, 2.45) is 5.73 Å². The van der Waals surface area contributed by atoms with Gasteiger partial charge < -0.3 is 16.0 Å². The summed E-state index contributed by atoms with van der Waals surface area (Å²) in [5.41, 5.74) is 5.86. The molecule has 3 heterocycles. The lowest BCUT2D eigenvalue weighted by molar-refractivity contribution is 0.102. The molecule has 4 rings (SSSR count). The first kappa shape index (κ1) is 20.8. The Bertz CT molecular complexity index is 1100. The molecule has 0 bridgehead atoms. The molecular formula is C22H20F3N5O. The van der Waals surface area contributed by atoms with Crippen LogP contribution in [0.25, 0.3) is 11.3 Å². The Balaban J connectivity index is 1.64. The summed E-state index contributed by atoms with van der Waals surface area (Å²) >= 11 is 0. The number of hydrogen-bond donors (Lipinski definition) is 2. The van der Waals surface area contributed by atoms with E-state index in [1.807, 2.05) is 0 Å². The largest absolute Gasteiger partial charge is 0.368 e. The third-order valence-electron chi connectivity index (χ3n) is 5.12. The van der Waals surface area contributed by atoms with Gasteiger partial charge in [0.05, 0.1) is 23.1 Å². The third-order valence-corrected chi connectivity index (χ3v) is 5.12. The summed E-state index contributed by atoms with van der Waals surface area (Å²) < 4.78 is 42.5. The maximum Gasteiger partial charge on any atom is 0.274 e. The van der Waals surface area contributed by atoms with Crippen molar-refractivity contribution in [1.29, 1.82) is 0 Å². The van der Waals surface area contributed by atoms with Gasteiger partial charge in [0.1, 0.15) is 28.8 Å². The number of piperidine rings is 1. The molecule has 0 spiro atoms. The molecule has 6 nitrogen and oxygen atoms in total. The van der Waals surface area contributed by atoms with E-state index in [9.17, 15) is 18.0 Å². The average molecular weight is 427 g/mol. The van der Waals surface area contributed by atoms with E-state index in [4.69, 9.17) is 5.73 Å². The number of hydrogen-bond acceptors (Lipinski definition) is 5. The fourth-order valence-electron chi connectivity index (χ4n) is 3.64. The number of carbonyl (C=O) groups excluding carboxylic acids is 1. The van der Waals surface area contributed by atoms with Crippen LogP contribution in [0.3, 0.4) is 0 Å². The second kappa shape index (κ2) is 8.73. The van der Waals surface area contributed by atoms with Crippen LogP contribution in [0.15, 0.2) is 48.8 Å². The molecule has 0 radical (unpaired) electrons. The summed E-state index contributed by atoms with van der Waals surface area (Å²) in [4.78, 5) is 22.8. The average Bonchev–Trinajstić information content (AvgIpc) is 2.75. The summed E-state index contributed by atoms with van der Waals surface area (Å²) in [6, 6.07) is 7.07. The summed E-state index contributed by atoms with van der Waals surface area (Å²) in [5.74, 6) is -3.54. The van der Waals surface area contributed by atoms with Crippen LogP contribution in [0.5, 0.6) is 0 Å². The first-order chi connectivity index (χ1) is 14.9. The minimum atomic E-state index is -0.972. The smallest absolute Gasteiger partial charge is 0.274 e. The van der Waals surface area contributed by atoms with Crippen molar-refractivity contribution in [3.05, 3.63) is 71.9 Å². The van der Waals surface area contributed by atoms with Gasteiger partial charge in [0.25, 0.3) is 5.91 Å². The quantitative estimate of drug-likeness (QED) is 0.663. The van der Waals surface area contributed by atoms with Gasteiger partial charge in [-0.2, -0.15) is 0 Å². The van der Waals surface area contributed by atoms with Crippen LogP contribution < -0.4 is 16.0 Å². The fourth-order valence-corrected chi connectivity index (χ4v) is 3.64. The minimum absolute atomic E-state index is 0.0301. The molecule has 160 valence electrons. The normalized spacial score (nSPS) is 16.3. The van der Waals surface area contributed by atoms with Crippen LogP contribution in [0.1, 0.15) is 23.3 Å². The molecule has 3 aromatic rings. The van der Waals surface area contributed by atoms with Crippen molar-refractivity contribution in [2.45, 2.75) is 18.9 Å². The van der Waals surface area contributed by atoms with Crippen molar-refractivity contribution in [3.8, 4) is 11.3 Å². The first-order valence-electron chi connectivity index (χ1n) is 9.81. The predicted molar refractivity (Wildman–Crippen MR) is 111 cm³/mol. The lowest BCUT2D eigenvalue weighted by Crippen LogP contribution is -2.43. The van der Waals surface area contributed by atoms with E-state index in [-0.39, 0.29) is 11.7 Å². The second-order valence-electron chi connectivity index (χ2n) is 7.32. The Kier molecular flexibility index (Phi) is 5.85. The number of rotatable bonds is 4. The topological polar surface area (TPSA) is 84.1 Å². The Morgan fingerprint density at radius 2 is 1.87 bits per heavy atom. The molecule has 1 fully saturated rings. The molecule has 0 aliphatic carbocycles. The molecule has 1 saturated heterocycles. The van der Waals surface area contributed by atoms with Gasteiger partial charge in [-0.05, 0) is 43.2 Å². The van der Waals surface area contributed by atoms with Crippen molar-refractivity contribution in [3.63, 3.8) is 0 Å². The molecule has 0 saturated carbocycles. The molecule has 3 N–H and O–H groups in total. The zero-order chi connectivity index (χ0) is 22.0. The van der Waals surface area contributed by atoms with E-state index in [1.54, 1.807) is 12.3 Å². The van der Waals surface area contributed by atoms with Crippen LogP contribution in [-0.4, -0.2) is 35.0 Å². The van der Waals surface area contributed by atoms with Gasteiger partial charge in [0.15, 0.2) is 0 Å². The van der Waals surface area contributed by atoms with Crippen molar-refractivity contribution < 1.29 is 18.0 Å². The molecule has 1 unspecified atom stereocenters. The number of halogens is 3. The Morgan fingerprint density at radius 3 is 2.61 bits per heavy atom. The molecule has 2 aromatic heterocycles. The van der Waals surface area contributed by atoms with Crippen LogP contribution in [-0.2, 0) is 0 Å². The van der Waals surface area contributed by atoms with Gasteiger partial charge >= 0.3 is 0 Å². The number of aromatic nitrogens is 2. The molecule has 1 aliphatic heterocycles. The van der Waals surface area contributed by atoms with Crippen LogP contribution in [0, 0.1) is 17.5 Å². The van der Waals surface area contributed by atoms with Crippen LogP contribution in [0.4, 0.5) is 24.5 Å². The monoisotopic (exact) mass is 427 g/mol. The van der Waals surface area contributed by atoms with E-state index < -0.39 is 34.6 Å². The van der Waals surface area contributed by atoms with E-state index >= 15 is 0 Å². The molecule has 31 heavy (non-hydrogen) atoms. The highest BCUT2D eigenvalue weighted by Gasteiger charge is 2.22. The number of pyridine rings is 2. The fraction of sp³-hybridized carbons (Fsp3) is 0.227. The number of anilines is 2. The molecular weight excluding hydrogens is 407 g/mol. The lowest BCUT2D eigenvalue weighted by Gasteiger charge is -2.33. The van der Waals surface area contributed by atoms with Gasteiger partial charge in [-0.25, -0.2) is 18.2 Å². The lowest BCUT2D eigenvalue weighted by atomic mass is 10.1. The highest BCUT2D eigenvalue weighted by Crippen LogP contribution is 2.29. The molecule has 1 atom stereocenters. The Morgan fingerprint density at radius 1 is 1.10 bits per heavy atom. The standard InChI is InChI=1S/C22H20F3N5O/c23-14-4-1-5-15(24)20(14)21-16(25)6-7-17(28-21)22(31)29-18-11-27-9-8-19(18)30-10-2-3-13(26)12-30/h1,4-9,11,13H,2-3,10,12,26H2,(H,29,31). The number of benzene rings is 1. The predicted octanol–water partition coefficient (Wildman–Crippen LogP) is 3.74. The van der Waals surface area contributed by atoms with Crippen LogP contribution in [0.2, 0.25) is 0 Å². The Hall–Kier alpha value is -3.46. The zero-order valence-corrected chi connectivity index (χ0v) is 16.5. The van der Waals surface area contributed by atoms with E-state index in [1.165, 1.54) is 12.3 Å². The van der Waals surface area contributed by atoms with Gasteiger partial charge in [0.2, 0.25) is 0 Å². The van der Waals surface area contributed by atoms with Crippen molar-refractivity contribution in [1.82, 2.24) is 9.97 Å². The number of nitrogens with one attached hydrogen (secondary N) is 1. The summed E-state index contributed by atoms with van der Waals surface area (Å²) in [6.45, 7) is 1.42. The van der Waals surface area contributed by atoms with E-state index in [2.05, 4.69) is 20.2 Å². The van der Waals surface area contributed by atoms with E-state index in [0.717, 1.165) is 49.3 Å². The summed E-state index contributed by atoms with van der Waals surface area (Å²) in [7, 11) is 0. The van der Waals surface area contributed by atoms with E-state index in [0.29, 0.717) is 12.2 Å². The van der Waals surface area contributed by atoms with Gasteiger partial charge in [-0.15, -0.1) is 0 Å². The zero-order valence-electron chi connectivity index (χ0n) is 16.5. The van der Waals surface area contributed by atoms with Gasteiger partial charge in [-0.1, -0.05) is 6.07 Å². The van der Waals surface area contributed by atoms with Crippen LogP contribution >= 0.6 is 0 Å². The maximum atomic E-state index is 14.3. The third kappa shape index (κ3) is 4.36. The summed E-state index contributed by atoms with van der Waals surface area (Å²) in [6.07, 6.45) is 4.96. The SMILES string of the molecule is NC1CCCN(c2ccncc2NC(=O)c2ccc(F)c(-c3c(F)cccc3F)n2)C1. The highest BCUT2D eigenvalue weighted by atomic mass is 19.1. The van der Waals surface area contributed by atoms with Gasteiger partial charge in [-0.3, -0.25) is 9.78 Å². The minimum Gasteiger partial charge on any atom is -0.368 e. The second-order valence-corrected chi connectivity index (χ2v) is 7.32. The van der Waals surface area contributed by atoms with Crippen molar-refractivity contribution >= 4 is 17.3 Å².